The van der Waals surface area contributed by atoms with Gasteiger partial charge in [0.15, 0.2) is 0 Å². The van der Waals surface area contributed by atoms with E-state index < -0.39 is 11.7 Å². The van der Waals surface area contributed by atoms with Crippen LogP contribution in [0.3, 0.4) is 0 Å². The average Bonchev–Trinajstić information content (AvgIpc) is 2.25. The number of halogens is 4. The molecule has 0 aliphatic heterocycles. The van der Waals surface area contributed by atoms with Gasteiger partial charge < -0.3 is 4.74 Å². The predicted molar refractivity (Wildman–Crippen MR) is 64.1 cm³/mol. The molecule has 0 aliphatic rings. The number of hydrogen-bond acceptors (Lipinski definition) is 2. The first-order valence-electron chi connectivity index (χ1n) is 5.36. The largest absolute Gasteiger partial charge is 0.466 e. The predicted octanol–water partition coefficient (Wildman–Crippen LogP) is 3.96. The maximum atomic E-state index is 12.5. The van der Waals surface area contributed by atoms with Crippen LogP contribution in [0.25, 0.3) is 0 Å². The van der Waals surface area contributed by atoms with Gasteiger partial charge in [-0.25, -0.2) is 0 Å². The number of benzene rings is 1. The Labute approximate surface area is 111 Å². The number of rotatable bonds is 4. The molecular formula is C12H12BrF3O2. The van der Waals surface area contributed by atoms with Crippen molar-refractivity contribution in [3.8, 4) is 0 Å². The number of carbonyl (C=O) groups excluding carboxylic acids is 1. The van der Waals surface area contributed by atoms with Crippen LogP contribution in [0, 0.1) is 0 Å². The number of hydrogen-bond donors (Lipinski definition) is 0. The van der Waals surface area contributed by atoms with Gasteiger partial charge in [0.05, 0.1) is 12.2 Å². The van der Waals surface area contributed by atoms with E-state index in [2.05, 4.69) is 15.9 Å². The van der Waals surface area contributed by atoms with Crippen LogP contribution in [0.15, 0.2) is 22.7 Å². The minimum absolute atomic E-state index is 0.0173. The Balaban J connectivity index is 2.71. The maximum absolute atomic E-state index is 12.5. The summed E-state index contributed by atoms with van der Waals surface area (Å²) < 4.78 is 42.2. The van der Waals surface area contributed by atoms with Gasteiger partial charge in [0.1, 0.15) is 0 Å². The van der Waals surface area contributed by atoms with Gasteiger partial charge >= 0.3 is 12.1 Å². The van der Waals surface area contributed by atoms with Gasteiger partial charge in [-0.1, -0.05) is 22.0 Å². The molecule has 0 radical (unpaired) electrons. The summed E-state index contributed by atoms with van der Waals surface area (Å²) in [6.07, 6.45) is -3.86. The molecule has 1 rings (SSSR count). The molecule has 0 aliphatic carbocycles. The molecule has 2 nitrogen and oxygen atoms in total. The number of carbonyl (C=O) groups is 1. The molecule has 0 saturated heterocycles. The van der Waals surface area contributed by atoms with Crippen LogP contribution in [-0.2, 0) is 22.1 Å². The van der Waals surface area contributed by atoms with Gasteiger partial charge in [0.25, 0.3) is 0 Å². The van der Waals surface area contributed by atoms with Crippen molar-refractivity contribution < 1.29 is 22.7 Å². The van der Waals surface area contributed by atoms with E-state index in [9.17, 15) is 18.0 Å². The lowest BCUT2D eigenvalue weighted by atomic mass is 10.1. The van der Waals surface area contributed by atoms with E-state index >= 15 is 0 Å². The topological polar surface area (TPSA) is 26.3 Å². The molecule has 0 aromatic heterocycles. The zero-order valence-corrected chi connectivity index (χ0v) is 11.3. The second-order valence-corrected chi connectivity index (χ2v) is 4.47. The molecule has 0 atom stereocenters. The van der Waals surface area contributed by atoms with Crippen molar-refractivity contribution in [2.24, 2.45) is 0 Å². The fourth-order valence-corrected chi connectivity index (χ4v) is 2.07. The van der Waals surface area contributed by atoms with Crippen LogP contribution < -0.4 is 0 Å². The Hall–Kier alpha value is -1.04. The molecule has 0 unspecified atom stereocenters. The van der Waals surface area contributed by atoms with Crippen molar-refractivity contribution in [2.75, 3.05) is 6.61 Å². The summed E-state index contributed by atoms with van der Waals surface area (Å²) in [5.74, 6) is -0.353. The summed E-state index contributed by atoms with van der Waals surface area (Å²) in [6.45, 7) is 2.00. The third kappa shape index (κ3) is 4.33. The summed E-state index contributed by atoms with van der Waals surface area (Å²) in [4.78, 5) is 11.1. The fourth-order valence-electron chi connectivity index (χ4n) is 1.42. The summed E-state index contributed by atoms with van der Waals surface area (Å²) in [7, 11) is 0. The fraction of sp³-hybridized carbons (Fsp3) is 0.417. The number of ether oxygens (including phenoxy) is 1. The molecular weight excluding hydrogens is 313 g/mol. The van der Waals surface area contributed by atoms with E-state index in [4.69, 9.17) is 4.74 Å². The van der Waals surface area contributed by atoms with Crippen molar-refractivity contribution in [1.82, 2.24) is 0 Å². The summed E-state index contributed by atoms with van der Waals surface area (Å²) >= 11 is 2.88. The zero-order valence-electron chi connectivity index (χ0n) is 9.68. The average molecular weight is 325 g/mol. The lowest BCUT2D eigenvalue weighted by Gasteiger charge is -2.10. The third-order valence-corrected chi connectivity index (χ3v) is 2.92. The van der Waals surface area contributed by atoms with Crippen LogP contribution >= 0.6 is 15.9 Å². The number of alkyl halides is 3. The molecule has 0 heterocycles. The van der Waals surface area contributed by atoms with Gasteiger partial charge in [-0.2, -0.15) is 13.2 Å². The van der Waals surface area contributed by atoms with E-state index in [0.717, 1.165) is 6.07 Å². The van der Waals surface area contributed by atoms with Crippen molar-refractivity contribution in [2.45, 2.75) is 25.9 Å². The number of esters is 1. The standard InChI is InChI=1S/C12H12BrF3O2/c1-2-18-11(17)6-4-8-3-5-9(10(13)7-8)12(14,15)16/h3,5,7H,2,4,6H2,1H3. The SMILES string of the molecule is CCOC(=O)CCc1ccc(C(F)(F)F)c(Br)c1. The van der Waals surface area contributed by atoms with Gasteiger partial charge in [-0.15, -0.1) is 0 Å². The normalized spacial score (nSPS) is 11.4. The monoisotopic (exact) mass is 324 g/mol. The Kier molecular flexibility index (Phi) is 5.19. The highest BCUT2D eigenvalue weighted by molar-refractivity contribution is 9.10. The van der Waals surface area contributed by atoms with Gasteiger partial charge in [-0.05, 0) is 31.0 Å². The second kappa shape index (κ2) is 6.22. The second-order valence-electron chi connectivity index (χ2n) is 3.62. The molecule has 1 aromatic rings. The Morgan fingerprint density at radius 3 is 2.56 bits per heavy atom. The highest BCUT2D eigenvalue weighted by Gasteiger charge is 2.32. The molecule has 0 saturated carbocycles. The van der Waals surface area contributed by atoms with Crippen LogP contribution in [0.4, 0.5) is 13.2 Å². The first-order chi connectivity index (χ1) is 8.34. The molecule has 0 fully saturated rings. The van der Waals surface area contributed by atoms with Crippen LogP contribution in [0.5, 0.6) is 0 Å². The molecule has 6 heteroatoms. The lowest BCUT2D eigenvalue weighted by Crippen LogP contribution is -2.07. The molecule has 0 N–H and O–H groups in total. The summed E-state index contributed by atoms with van der Waals surface area (Å²) in [6, 6.07) is 3.75. The van der Waals surface area contributed by atoms with Crippen molar-refractivity contribution in [3.05, 3.63) is 33.8 Å². The number of aryl methyl sites for hydroxylation is 1. The van der Waals surface area contributed by atoms with Crippen LogP contribution in [-0.4, -0.2) is 12.6 Å². The summed E-state index contributed by atoms with van der Waals surface area (Å²) in [5.41, 5.74) is -0.0645. The third-order valence-electron chi connectivity index (χ3n) is 2.26. The van der Waals surface area contributed by atoms with E-state index in [1.807, 2.05) is 0 Å². The zero-order chi connectivity index (χ0) is 13.8. The van der Waals surface area contributed by atoms with Gasteiger partial charge in [-0.3, -0.25) is 4.79 Å². The molecule has 0 bridgehead atoms. The van der Waals surface area contributed by atoms with Crippen LogP contribution in [0.1, 0.15) is 24.5 Å². The smallest absolute Gasteiger partial charge is 0.417 e. The van der Waals surface area contributed by atoms with E-state index in [0.29, 0.717) is 18.6 Å². The first-order valence-corrected chi connectivity index (χ1v) is 6.15. The van der Waals surface area contributed by atoms with Gasteiger partial charge in [0, 0.05) is 10.9 Å². The van der Waals surface area contributed by atoms with Crippen molar-refractivity contribution >= 4 is 21.9 Å². The first kappa shape index (κ1) is 15.0. The van der Waals surface area contributed by atoms with Gasteiger partial charge in [0.2, 0.25) is 0 Å². The Morgan fingerprint density at radius 1 is 1.39 bits per heavy atom. The minimum atomic E-state index is -4.38. The quantitative estimate of drug-likeness (QED) is 0.783. The van der Waals surface area contributed by atoms with Crippen LogP contribution in [0.2, 0.25) is 0 Å². The van der Waals surface area contributed by atoms with Crippen molar-refractivity contribution in [1.29, 1.82) is 0 Å². The molecule has 0 spiro atoms. The van der Waals surface area contributed by atoms with E-state index in [-0.39, 0.29) is 16.9 Å². The Bertz CT molecular complexity index is 430. The maximum Gasteiger partial charge on any atom is 0.417 e. The Morgan fingerprint density at radius 2 is 2.06 bits per heavy atom. The lowest BCUT2D eigenvalue weighted by molar-refractivity contribution is -0.143. The molecule has 18 heavy (non-hydrogen) atoms. The van der Waals surface area contributed by atoms with Crippen molar-refractivity contribution in [3.63, 3.8) is 0 Å². The summed E-state index contributed by atoms with van der Waals surface area (Å²) in [5, 5.41) is 0. The highest BCUT2D eigenvalue weighted by atomic mass is 79.9. The molecule has 0 amide bonds. The van der Waals surface area contributed by atoms with E-state index in [1.165, 1.54) is 12.1 Å². The molecule has 1 aromatic carbocycles. The highest BCUT2D eigenvalue weighted by Crippen LogP contribution is 2.35. The van der Waals surface area contributed by atoms with E-state index in [1.54, 1.807) is 6.92 Å². The minimum Gasteiger partial charge on any atom is -0.466 e. The molecule has 100 valence electrons.